The molecule has 0 radical (unpaired) electrons. The van der Waals surface area contributed by atoms with Gasteiger partial charge in [0.1, 0.15) is 0 Å². The van der Waals surface area contributed by atoms with E-state index in [1.54, 1.807) is 24.3 Å². The molecular weight excluding hydrogens is 304 g/mol. The van der Waals surface area contributed by atoms with Gasteiger partial charge in [0.05, 0.1) is 18.8 Å². The molecule has 0 saturated heterocycles. The summed E-state index contributed by atoms with van der Waals surface area (Å²) >= 11 is 0. The molecule has 0 aromatic heterocycles. The smallest absolute Gasteiger partial charge is 0.264 e. The monoisotopic (exact) mass is 318 g/mol. The van der Waals surface area contributed by atoms with E-state index in [0.717, 1.165) is 11.6 Å². The van der Waals surface area contributed by atoms with Crippen molar-refractivity contribution in [3.63, 3.8) is 0 Å². The van der Waals surface area contributed by atoms with Gasteiger partial charge in [-0.2, -0.15) is 8.42 Å². The van der Waals surface area contributed by atoms with Crippen LogP contribution in [-0.2, 0) is 14.3 Å². The topological polar surface area (TPSA) is 77.5 Å². The summed E-state index contributed by atoms with van der Waals surface area (Å²) in [6.45, 7) is -0.181. The second-order valence-corrected chi connectivity index (χ2v) is 6.95. The Hall–Kier alpha value is -2.05. The molecule has 0 bridgehead atoms. The normalized spacial score (nSPS) is 15.5. The number of carbonyl (C=O) groups is 2. The fourth-order valence-corrected chi connectivity index (χ4v) is 3.22. The molecule has 1 aliphatic carbocycles. The molecule has 0 heterocycles. The Balaban J connectivity index is 1.97. The summed E-state index contributed by atoms with van der Waals surface area (Å²) in [7, 11) is -3.58. The van der Waals surface area contributed by atoms with Crippen LogP contribution in [-0.4, -0.2) is 32.8 Å². The predicted octanol–water partition coefficient (Wildman–Crippen LogP) is 2.20. The second-order valence-electron chi connectivity index (χ2n) is 5.31. The lowest BCUT2D eigenvalue weighted by molar-refractivity contribution is 0.0779. The van der Waals surface area contributed by atoms with Crippen LogP contribution in [0.1, 0.15) is 27.1 Å². The molecule has 0 aliphatic heterocycles. The van der Waals surface area contributed by atoms with Gasteiger partial charge in [0.2, 0.25) is 0 Å². The molecule has 114 valence electrons. The highest BCUT2D eigenvalue weighted by molar-refractivity contribution is 7.85. The molecule has 0 saturated carbocycles. The van der Waals surface area contributed by atoms with Crippen molar-refractivity contribution in [2.75, 3.05) is 12.9 Å². The highest BCUT2D eigenvalue weighted by atomic mass is 32.2. The molecule has 0 amide bonds. The fraction of sp³-hybridized carbons (Fsp3) is 0.250. The molecule has 0 atom stereocenters. The van der Waals surface area contributed by atoms with Crippen molar-refractivity contribution in [1.82, 2.24) is 0 Å². The Morgan fingerprint density at radius 3 is 2.05 bits per heavy atom. The minimum Gasteiger partial charge on any atom is -0.293 e. The van der Waals surface area contributed by atoms with E-state index in [2.05, 4.69) is 4.18 Å². The molecular formula is C16H14O5S. The third-order valence-corrected chi connectivity index (χ3v) is 4.37. The van der Waals surface area contributed by atoms with Crippen LogP contribution < -0.4 is 0 Å². The van der Waals surface area contributed by atoms with Crippen LogP contribution >= 0.6 is 0 Å². The van der Waals surface area contributed by atoms with Crippen molar-refractivity contribution >= 4 is 32.5 Å². The quantitative estimate of drug-likeness (QED) is 0.638. The highest BCUT2D eigenvalue weighted by Crippen LogP contribution is 2.33. The van der Waals surface area contributed by atoms with Crippen molar-refractivity contribution in [2.45, 2.75) is 6.42 Å². The van der Waals surface area contributed by atoms with Gasteiger partial charge in [-0.25, -0.2) is 0 Å². The molecule has 0 N–H and O–H groups in total. The Bertz CT molecular complexity index is 832. The van der Waals surface area contributed by atoms with Crippen LogP contribution in [0.15, 0.2) is 36.4 Å². The van der Waals surface area contributed by atoms with Crippen molar-refractivity contribution in [2.24, 2.45) is 5.92 Å². The number of benzene rings is 2. The summed E-state index contributed by atoms with van der Waals surface area (Å²) in [6.07, 6.45) is 0.989. The standard InChI is InChI=1S/C16H14O5S/c1-22(19,20)21-9-8-13-15(17)11-6-2-4-10-5-3-7-12(14(10)11)16(13)18/h2-7,13H,8-9H2,1H3. The van der Waals surface area contributed by atoms with Crippen molar-refractivity contribution in [3.05, 3.63) is 47.5 Å². The van der Waals surface area contributed by atoms with Crippen LogP contribution in [0.5, 0.6) is 0 Å². The first-order valence-electron chi connectivity index (χ1n) is 6.83. The number of Topliss-reactive ketones (excluding diaryl/α,β-unsaturated/α-hetero) is 2. The maximum atomic E-state index is 12.5. The van der Waals surface area contributed by atoms with Crippen molar-refractivity contribution < 1.29 is 22.2 Å². The van der Waals surface area contributed by atoms with E-state index in [0.29, 0.717) is 16.5 Å². The third-order valence-electron chi connectivity index (χ3n) is 3.77. The molecule has 5 nitrogen and oxygen atoms in total. The molecule has 0 unspecified atom stereocenters. The zero-order valence-corrected chi connectivity index (χ0v) is 12.7. The van der Waals surface area contributed by atoms with Gasteiger partial charge in [0.15, 0.2) is 11.6 Å². The predicted molar refractivity (Wildman–Crippen MR) is 81.5 cm³/mol. The maximum Gasteiger partial charge on any atom is 0.264 e. The van der Waals surface area contributed by atoms with E-state index in [9.17, 15) is 18.0 Å². The summed E-state index contributed by atoms with van der Waals surface area (Å²) in [5, 5.41) is 1.53. The average molecular weight is 318 g/mol. The number of hydrogen-bond donors (Lipinski definition) is 0. The van der Waals surface area contributed by atoms with Crippen molar-refractivity contribution in [3.8, 4) is 0 Å². The van der Waals surface area contributed by atoms with Crippen LogP contribution in [0.4, 0.5) is 0 Å². The van der Waals surface area contributed by atoms with Gasteiger partial charge in [-0.05, 0) is 11.8 Å². The van der Waals surface area contributed by atoms with E-state index in [4.69, 9.17) is 0 Å². The van der Waals surface area contributed by atoms with Gasteiger partial charge < -0.3 is 0 Å². The summed E-state index contributed by atoms with van der Waals surface area (Å²) < 4.78 is 26.6. The Morgan fingerprint density at radius 1 is 1.00 bits per heavy atom. The van der Waals surface area contributed by atoms with Crippen molar-refractivity contribution in [1.29, 1.82) is 0 Å². The first kappa shape index (κ1) is 14.9. The fourth-order valence-electron chi connectivity index (χ4n) is 2.83. The zero-order valence-electron chi connectivity index (χ0n) is 11.9. The van der Waals surface area contributed by atoms with Crippen LogP contribution in [0.25, 0.3) is 10.8 Å². The van der Waals surface area contributed by atoms with Crippen LogP contribution in [0.3, 0.4) is 0 Å². The summed E-state index contributed by atoms with van der Waals surface area (Å²) in [4.78, 5) is 25.1. The number of hydrogen-bond acceptors (Lipinski definition) is 5. The zero-order chi connectivity index (χ0) is 15.9. The van der Waals surface area contributed by atoms with Gasteiger partial charge in [0.25, 0.3) is 10.1 Å². The summed E-state index contributed by atoms with van der Waals surface area (Å²) in [5.41, 5.74) is 1.02. The van der Waals surface area contributed by atoms with Gasteiger partial charge in [-0.1, -0.05) is 36.4 Å². The molecule has 2 aromatic carbocycles. The lowest BCUT2D eigenvalue weighted by Crippen LogP contribution is -2.30. The van der Waals surface area contributed by atoms with E-state index < -0.39 is 16.0 Å². The molecule has 1 aliphatic rings. The third kappa shape index (κ3) is 2.55. The first-order valence-corrected chi connectivity index (χ1v) is 8.65. The first-order chi connectivity index (χ1) is 10.4. The van der Waals surface area contributed by atoms with Gasteiger partial charge in [-0.15, -0.1) is 0 Å². The Kier molecular flexibility index (Phi) is 3.58. The molecule has 3 rings (SSSR count). The minimum atomic E-state index is -3.58. The molecule has 22 heavy (non-hydrogen) atoms. The van der Waals surface area contributed by atoms with E-state index >= 15 is 0 Å². The van der Waals surface area contributed by atoms with E-state index in [1.807, 2.05) is 12.1 Å². The summed E-state index contributed by atoms with van der Waals surface area (Å²) in [6, 6.07) is 10.7. The van der Waals surface area contributed by atoms with Crippen LogP contribution in [0, 0.1) is 5.92 Å². The largest absolute Gasteiger partial charge is 0.293 e. The van der Waals surface area contributed by atoms with E-state index in [1.165, 1.54) is 0 Å². The molecule has 0 fully saturated rings. The Labute approximate surface area is 128 Å². The molecule has 6 heteroatoms. The van der Waals surface area contributed by atoms with Gasteiger partial charge in [-0.3, -0.25) is 13.8 Å². The highest BCUT2D eigenvalue weighted by Gasteiger charge is 2.35. The number of rotatable bonds is 4. The second kappa shape index (κ2) is 5.30. The lowest BCUT2D eigenvalue weighted by Gasteiger charge is -2.22. The van der Waals surface area contributed by atoms with Gasteiger partial charge in [0, 0.05) is 16.5 Å². The van der Waals surface area contributed by atoms with E-state index in [-0.39, 0.29) is 24.6 Å². The average Bonchev–Trinajstić information content (AvgIpc) is 2.47. The minimum absolute atomic E-state index is 0.0511. The SMILES string of the molecule is CS(=O)(=O)OCCC1C(=O)c2cccc3cccc(c23)C1=O. The lowest BCUT2D eigenvalue weighted by atomic mass is 9.79. The summed E-state index contributed by atoms with van der Waals surface area (Å²) in [5.74, 6) is -1.43. The van der Waals surface area contributed by atoms with Crippen LogP contribution in [0.2, 0.25) is 0 Å². The maximum absolute atomic E-state index is 12.5. The molecule has 2 aromatic rings. The Morgan fingerprint density at radius 2 is 1.55 bits per heavy atom. The molecule has 0 spiro atoms. The number of carbonyl (C=O) groups excluding carboxylic acids is 2. The van der Waals surface area contributed by atoms with Gasteiger partial charge >= 0.3 is 0 Å². The number of ketones is 2.